The lowest BCUT2D eigenvalue weighted by molar-refractivity contribution is -0.123. The van der Waals surface area contributed by atoms with Gasteiger partial charge < -0.3 is 10.1 Å². The summed E-state index contributed by atoms with van der Waals surface area (Å²) in [7, 11) is 0. The highest BCUT2D eigenvalue weighted by molar-refractivity contribution is 6.14. The molecular weight excluding hydrogens is 360 g/mol. The number of carbonyl (C=O) groups excluding carboxylic acids is 4. The van der Waals surface area contributed by atoms with Crippen molar-refractivity contribution in [1.29, 1.82) is 0 Å². The molecule has 0 fully saturated rings. The third-order valence-electron chi connectivity index (χ3n) is 4.00. The van der Waals surface area contributed by atoms with Gasteiger partial charge in [-0.15, -0.1) is 0 Å². The summed E-state index contributed by atoms with van der Waals surface area (Å²) in [5.41, 5.74) is 0.657. The minimum absolute atomic E-state index is 0.0493. The summed E-state index contributed by atoms with van der Waals surface area (Å²) >= 11 is 0. The van der Waals surface area contributed by atoms with Crippen molar-refractivity contribution >= 4 is 23.7 Å². The van der Waals surface area contributed by atoms with Crippen LogP contribution in [0.5, 0.6) is 0 Å². The Bertz CT molecular complexity index is 864. The molecule has 0 saturated heterocycles. The largest absolute Gasteiger partial charge is 0.452 e. The Morgan fingerprint density at radius 1 is 0.929 bits per heavy atom. The van der Waals surface area contributed by atoms with Crippen LogP contribution in [0, 0.1) is 0 Å². The van der Waals surface area contributed by atoms with Crippen molar-refractivity contribution < 1.29 is 23.9 Å². The highest BCUT2D eigenvalue weighted by Gasteiger charge is 2.20. The molecule has 3 amide bonds. The Morgan fingerprint density at radius 3 is 2.18 bits per heavy atom. The first-order valence-corrected chi connectivity index (χ1v) is 8.88. The lowest BCUT2D eigenvalue weighted by Crippen LogP contribution is -2.44. The van der Waals surface area contributed by atoms with Crippen molar-refractivity contribution in [3.8, 4) is 0 Å². The van der Waals surface area contributed by atoms with Crippen LogP contribution in [0.2, 0.25) is 0 Å². The summed E-state index contributed by atoms with van der Waals surface area (Å²) in [6.07, 6.45) is 0.711. The van der Waals surface area contributed by atoms with E-state index in [1.54, 1.807) is 49.4 Å². The fourth-order valence-electron chi connectivity index (χ4n) is 2.34. The zero-order chi connectivity index (χ0) is 20.5. The van der Waals surface area contributed by atoms with Gasteiger partial charge in [-0.25, -0.2) is 9.59 Å². The first kappa shape index (κ1) is 20.8. The number of rotatable bonds is 7. The maximum Gasteiger partial charge on any atom is 0.339 e. The second kappa shape index (κ2) is 10.0. The van der Waals surface area contributed by atoms with E-state index in [0.717, 1.165) is 0 Å². The van der Waals surface area contributed by atoms with E-state index in [-0.39, 0.29) is 23.0 Å². The Kier molecular flexibility index (Phi) is 7.45. The van der Waals surface area contributed by atoms with E-state index in [2.05, 4.69) is 10.6 Å². The SMILES string of the molecule is CC[C@@H](C)NC(=O)NC(=O)COC(=O)c1ccccc1C(=O)c1ccccc1. The molecule has 7 heteroatoms. The number of ether oxygens (including phenoxy) is 1. The number of hydrogen-bond donors (Lipinski definition) is 2. The normalized spacial score (nSPS) is 11.2. The zero-order valence-corrected chi connectivity index (χ0v) is 15.7. The number of nitrogens with one attached hydrogen (secondary N) is 2. The lowest BCUT2D eigenvalue weighted by Gasteiger charge is -2.12. The minimum atomic E-state index is -0.822. The van der Waals surface area contributed by atoms with Gasteiger partial charge in [-0.3, -0.25) is 14.9 Å². The second-order valence-corrected chi connectivity index (χ2v) is 6.15. The molecule has 7 nitrogen and oxygen atoms in total. The van der Waals surface area contributed by atoms with Crippen molar-refractivity contribution in [3.05, 3.63) is 71.3 Å². The van der Waals surface area contributed by atoms with Gasteiger partial charge >= 0.3 is 12.0 Å². The highest BCUT2D eigenvalue weighted by atomic mass is 16.5. The predicted octanol–water partition coefficient (Wildman–Crippen LogP) is 2.70. The van der Waals surface area contributed by atoms with Gasteiger partial charge in [0.15, 0.2) is 12.4 Å². The Balaban J connectivity index is 2.01. The van der Waals surface area contributed by atoms with Gasteiger partial charge in [0.25, 0.3) is 5.91 Å². The van der Waals surface area contributed by atoms with Crippen LogP contribution in [-0.4, -0.2) is 36.3 Å². The molecule has 0 unspecified atom stereocenters. The summed E-state index contributed by atoms with van der Waals surface area (Å²) in [5.74, 6) is -1.91. The van der Waals surface area contributed by atoms with E-state index in [4.69, 9.17) is 4.74 Å². The molecule has 0 heterocycles. The summed E-state index contributed by atoms with van der Waals surface area (Å²) in [4.78, 5) is 48.4. The second-order valence-electron chi connectivity index (χ2n) is 6.15. The van der Waals surface area contributed by atoms with Crippen LogP contribution in [0.4, 0.5) is 4.79 Å². The van der Waals surface area contributed by atoms with E-state index >= 15 is 0 Å². The summed E-state index contributed by atoms with van der Waals surface area (Å²) in [6.45, 7) is 3.05. The highest BCUT2D eigenvalue weighted by Crippen LogP contribution is 2.15. The van der Waals surface area contributed by atoms with Crippen LogP contribution in [0.15, 0.2) is 54.6 Å². The maximum absolute atomic E-state index is 12.6. The standard InChI is InChI=1S/C21H22N2O5/c1-3-14(2)22-21(27)23-18(24)13-28-20(26)17-12-8-7-11-16(17)19(25)15-9-5-4-6-10-15/h4-12,14H,3,13H2,1-2H3,(H2,22,23,24,27)/t14-/m1/s1. The van der Waals surface area contributed by atoms with Crippen molar-refractivity contribution in [2.75, 3.05) is 6.61 Å². The van der Waals surface area contributed by atoms with Gasteiger partial charge in [-0.1, -0.05) is 55.5 Å². The summed E-state index contributed by atoms with van der Waals surface area (Å²) in [5, 5.41) is 4.65. The fourth-order valence-corrected chi connectivity index (χ4v) is 2.34. The smallest absolute Gasteiger partial charge is 0.339 e. The Labute approximate surface area is 163 Å². The molecule has 0 aliphatic carbocycles. The number of amides is 3. The zero-order valence-electron chi connectivity index (χ0n) is 15.7. The van der Waals surface area contributed by atoms with E-state index in [1.807, 2.05) is 6.92 Å². The molecule has 0 aliphatic rings. The summed E-state index contributed by atoms with van der Waals surface area (Å²) < 4.78 is 4.97. The lowest BCUT2D eigenvalue weighted by atomic mass is 9.98. The van der Waals surface area contributed by atoms with Gasteiger partial charge in [0.1, 0.15) is 0 Å². The predicted molar refractivity (Wildman–Crippen MR) is 103 cm³/mol. The monoisotopic (exact) mass is 382 g/mol. The number of benzene rings is 2. The molecule has 0 radical (unpaired) electrons. The quantitative estimate of drug-likeness (QED) is 0.566. The molecule has 2 aromatic rings. The third-order valence-corrected chi connectivity index (χ3v) is 4.00. The van der Waals surface area contributed by atoms with Crippen LogP contribution < -0.4 is 10.6 Å². The number of urea groups is 1. The minimum Gasteiger partial charge on any atom is -0.452 e. The van der Waals surface area contributed by atoms with Gasteiger partial charge in [0.05, 0.1) is 5.56 Å². The maximum atomic E-state index is 12.6. The van der Waals surface area contributed by atoms with Crippen LogP contribution in [0.1, 0.15) is 46.5 Å². The molecule has 2 aromatic carbocycles. The Morgan fingerprint density at radius 2 is 1.54 bits per heavy atom. The Hall–Kier alpha value is -3.48. The molecular formula is C21H22N2O5. The molecule has 146 valence electrons. The van der Waals surface area contributed by atoms with Crippen LogP contribution in [-0.2, 0) is 9.53 Å². The van der Waals surface area contributed by atoms with Crippen molar-refractivity contribution in [2.45, 2.75) is 26.3 Å². The molecule has 28 heavy (non-hydrogen) atoms. The summed E-state index contributed by atoms with van der Waals surface area (Å²) in [6, 6.07) is 14.0. The van der Waals surface area contributed by atoms with Gasteiger partial charge in [0, 0.05) is 17.2 Å². The number of hydrogen-bond acceptors (Lipinski definition) is 5. The molecule has 0 spiro atoms. The van der Waals surface area contributed by atoms with Crippen molar-refractivity contribution in [1.82, 2.24) is 10.6 Å². The van der Waals surface area contributed by atoms with E-state index in [1.165, 1.54) is 12.1 Å². The first-order valence-electron chi connectivity index (χ1n) is 8.88. The molecule has 0 aromatic heterocycles. The molecule has 0 aliphatic heterocycles. The number of carbonyl (C=O) groups is 4. The van der Waals surface area contributed by atoms with Crippen LogP contribution in [0.25, 0.3) is 0 Å². The molecule has 2 N–H and O–H groups in total. The average molecular weight is 382 g/mol. The van der Waals surface area contributed by atoms with Gasteiger partial charge in [0.2, 0.25) is 0 Å². The molecule has 0 bridgehead atoms. The van der Waals surface area contributed by atoms with Crippen molar-refractivity contribution in [2.24, 2.45) is 0 Å². The average Bonchev–Trinajstić information content (AvgIpc) is 2.71. The fraction of sp³-hybridized carbons (Fsp3) is 0.238. The first-order chi connectivity index (χ1) is 13.4. The number of imide groups is 1. The third kappa shape index (κ3) is 5.77. The topological polar surface area (TPSA) is 102 Å². The molecule has 1 atom stereocenters. The van der Waals surface area contributed by atoms with Crippen molar-refractivity contribution in [3.63, 3.8) is 0 Å². The van der Waals surface area contributed by atoms with Gasteiger partial charge in [-0.05, 0) is 19.4 Å². The molecule has 0 saturated carbocycles. The van der Waals surface area contributed by atoms with E-state index in [9.17, 15) is 19.2 Å². The van der Waals surface area contributed by atoms with Gasteiger partial charge in [-0.2, -0.15) is 0 Å². The number of esters is 1. The molecule has 2 rings (SSSR count). The van der Waals surface area contributed by atoms with Crippen LogP contribution in [0.3, 0.4) is 0 Å². The van der Waals surface area contributed by atoms with E-state index in [0.29, 0.717) is 12.0 Å². The van der Waals surface area contributed by atoms with Crippen LogP contribution >= 0.6 is 0 Å². The number of ketones is 1. The van der Waals surface area contributed by atoms with E-state index < -0.39 is 24.5 Å².